The lowest BCUT2D eigenvalue weighted by molar-refractivity contribution is -0.140. The second-order valence-corrected chi connectivity index (χ2v) is 7.82. The molecule has 0 saturated carbocycles. The highest BCUT2D eigenvalue weighted by atomic mass is 35.5. The van der Waals surface area contributed by atoms with Crippen molar-refractivity contribution in [3.8, 4) is 0 Å². The van der Waals surface area contributed by atoms with Crippen LogP contribution in [-0.2, 0) is 24.5 Å². The maximum absolute atomic E-state index is 13.8. The summed E-state index contributed by atoms with van der Waals surface area (Å²) in [5.41, 5.74) is 1.20. The molecule has 6 nitrogen and oxygen atoms in total. The highest BCUT2D eigenvalue weighted by molar-refractivity contribution is 6.31. The van der Waals surface area contributed by atoms with E-state index in [9.17, 15) is 14.7 Å². The molecule has 1 aliphatic carbocycles. The van der Waals surface area contributed by atoms with E-state index in [0.717, 1.165) is 11.3 Å². The number of ether oxygens (including phenoxy) is 2. The van der Waals surface area contributed by atoms with Gasteiger partial charge in [0, 0.05) is 16.3 Å². The number of nitrogens with zero attached hydrogens (tertiary/aromatic N) is 1. The third-order valence-electron chi connectivity index (χ3n) is 6.03. The summed E-state index contributed by atoms with van der Waals surface area (Å²) < 4.78 is 11.6. The Morgan fingerprint density at radius 3 is 3.00 bits per heavy atom. The normalized spacial score (nSPS) is 27.9. The molecule has 1 fully saturated rings. The Bertz CT molecular complexity index is 1010. The van der Waals surface area contributed by atoms with E-state index in [0.29, 0.717) is 35.1 Å². The van der Waals surface area contributed by atoms with Gasteiger partial charge in [-0.2, -0.15) is 0 Å². The second-order valence-electron chi connectivity index (χ2n) is 7.38. The smallest absolute Gasteiger partial charge is 0.326 e. The Kier molecular flexibility index (Phi) is 3.65. The van der Waals surface area contributed by atoms with E-state index >= 15 is 0 Å². The van der Waals surface area contributed by atoms with Crippen LogP contribution in [0.25, 0.3) is 0 Å². The first-order chi connectivity index (χ1) is 13.5. The number of benzene rings is 1. The molecule has 3 unspecified atom stereocenters. The summed E-state index contributed by atoms with van der Waals surface area (Å²) in [5, 5.41) is 10.2. The number of carbonyl (C=O) groups excluding carboxylic acids is 1. The highest BCUT2D eigenvalue weighted by Gasteiger charge is 2.62. The van der Waals surface area contributed by atoms with Crippen molar-refractivity contribution in [2.75, 3.05) is 18.1 Å². The van der Waals surface area contributed by atoms with Crippen molar-refractivity contribution >= 4 is 29.2 Å². The summed E-state index contributed by atoms with van der Waals surface area (Å²) in [6.45, 7) is 2.39. The van der Waals surface area contributed by atoms with Gasteiger partial charge in [0.25, 0.3) is 0 Å². The molecular weight excluding hydrogens is 382 g/mol. The van der Waals surface area contributed by atoms with Crippen LogP contribution in [0.3, 0.4) is 0 Å². The standard InChI is InChI=1S/C21H18ClNO5/c1-2-15(19(24)25)23-16-4-3-12(22)8-13(16)21(20(23)26)10-28-18-7-11-5-6-27-17(11)9-14(18)21/h3-5,7-9,14-15H,2,6,10H2,1H3,(H,24,25). The quantitative estimate of drug-likeness (QED) is 0.844. The molecule has 5 rings (SSSR count). The molecule has 1 amide bonds. The van der Waals surface area contributed by atoms with Gasteiger partial charge >= 0.3 is 5.97 Å². The fourth-order valence-electron chi connectivity index (χ4n) is 4.69. The summed E-state index contributed by atoms with van der Waals surface area (Å²) in [5.74, 6) is -0.230. The lowest BCUT2D eigenvalue weighted by Gasteiger charge is -2.29. The third-order valence-corrected chi connectivity index (χ3v) is 6.26. The van der Waals surface area contributed by atoms with Crippen LogP contribution in [0.5, 0.6) is 0 Å². The molecule has 1 N–H and O–H groups in total. The SMILES string of the molecule is CCC(C(=O)O)N1C(=O)C2(COC3=CC4=CCOC4=CC32)c2cc(Cl)ccc21. The third kappa shape index (κ3) is 2.09. The van der Waals surface area contributed by atoms with Gasteiger partial charge in [-0.3, -0.25) is 9.69 Å². The number of allylic oxidation sites excluding steroid dienone is 2. The number of anilines is 1. The number of rotatable bonds is 3. The Labute approximate surface area is 166 Å². The van der Waals surface area contributed by atoms with Crippen LogP contribution in [0.1, 0.15) is 18.9 Å². The van der Waals surface area contributed by atoms with E-state index in [1.54, 1.807) is 25.1 Å². The van der Waals surface area contributed by atoms with E-state index < -0.39 is 17.4 Å². The summed E-state index contributed by atoms with van der Waals surface area (Å²) in [6.07, 6.45) is 6.10. The molecule has 1 aromatic rings. The lowest BCUT2D eigenvalue weighted by atomic mass is 9.70. The average Bonchev–Trinajstić information content (AvgIpc) is 3.33. The molecule has 0 radical (unpaired) electrons. The number of amides is 1. The number of carboxylic acids is 1. The number of hydrogen-bond donors (Lipinski definition) is 1. The minimum Gasteiger partial charge on any atom is -0.496 e. The first-order valence-corrected chi connectivity index (χ1v) is 9.61. The zero-order valence-electron chi connectivity index (χ0n) is 15.1. The van der Waals surface area contributed by atoms with E-state index in [-0.39, 0.29) is 18.4 Å². The number of hydrogen-bond acceptors (Lipinski definition) is 4. The number of fused-ring (bicyclic) bond motifs is 5. The van der Waals surface area contributed by atoms with Crippen molar-refractivity contribution in [3.05, 3.63) is 64.1 Å². The van der Waals surface area contributed by atoms with Crippen LogP contribution in [0.2, 0.25) is 5.02 Å². The molecule has 144 valence electrons. The number of aliphatic carboxylic acids is 1. The second kappa shape index (κ2) is 5.88. The van der Waals surface area contributed by atoms with Gasteiger partial charge in [-0.1, -0.05) is 18.5 Å². The van der Waals surface area contributed by atoms with E-state index in [1.165, 1.54) is 4.90 Å². The minimum atomic E-state index is -1.04. The van der Waals surface area contributed by atoms with E-state index in [1.807, 2.05) is 18.2 Å². The van der Waals surface area contributed by atoms with Gasteiger partial charge in [-0.05, 0) is 48.4 Å². The molecule has 3 atom stereocenters. The van der Waals surface area contributed by atoms with Gasteiger partial charge in [-0.15, -0.1) is 0 Å². The van der Waals surface area contributed by atoms with Gasteiger partial charge in [0.15, 0.2) is 0 Å². The maximum atomic E-state index is 13.8. The number of halogens is 1. The molecule has 1 aromatic carbocycles. The highest BCUT2D eigenvalue weighted by Crippen LogP contribution is 2.56. The fraction of sp³-hybridized carbons (Fsp3) is 0.333. The Balaban J connectivity index is 1.71. The molecule has 7 heteroatoms. The van der Waals surface area contributed by atoms with Crippen molar-refractivity contribution in [2.45, 2.75) is 24.8 Å². The van der Waals surface area contributed by atoms with Gasteiger partial charge in [0.1, 0.15) is 36.2 Å². The molecular formula is C21H18ClNO5. The molecule has 3 heterocycles. The zero-order chi connectivity index (χ0) is 19.6. The van der Waals surface area contributed by atoms with Gasteiger partial charge in [0.2, 0.25) is 5.91 Å². The van der Waals surface area contributed by atoms with Crippen LogP contribution in [-0.4, -0.2) is 36.2 Å². The van der Waals surface area contributed by atoms with Crippen LogP contribution in [0, 0.1) is 5.92 Å². The summed E-state index contributed by atoms with van der Waals surface area (Å²) in [7, 11) is 0. The summed E-state index contributed by atoms with van der Waals surface area (Å²) in [6, 6.07) is 4.22. The fourth-order valence-corrected chi connectivity index (χ4v) is 4.86. The van der Waals surface area contributed by atoms with Crippen molar-refractivity contribution in [3.63, 3.8) is 0 Å². The Morgan fingerprint density at radius 2 is 2.25 bits per heavy atom. The van der Waals surface area contributed by atoms with Gasteiger partial charge in [0.05, 0.1) is 5.92 Å². The van der Waals surface area contributed by atoms with E-state index in [2.05, 4.69) is 0 Å². The van der Waals surface area contributed by atoms with Crippen LogP contribution in [0.4, 0.5) is 5.69 Å². The first kappa shape index (κ1) is 17.4. The topological polar surface area (TPSA) is 76.1 Å². The van der Waals surface area contributed by atoms with Crippen molar-refractivity contribution in [2.24, 2.45) is 5.92 Å². The minimum absolute atomic E-state index is 0.138. The lowest BCUT2D eigenvalue weighted by Crippen LogP contribution is -2.50. The molecule has 4 aliphatic rings. The summed E-state index contributed by atoms with van der Waals surface area (Å²) >= 11 is 6.27. The Morgan fingerprint density at radius 1 is 1.43 bits per heavy atom. The molecule has 0 bridgehead atoms. The largest absolute Gasteiger partial charge is 0.496 e. The van der Waals surface area contributed by atoms with Crippen LogP contribution in [0.15, 0.2) is 53.5 Å². The molecule has 28 heavy (non-hydrogen) atoms. The number of carbonyl (C=O) groups is 2. The maximum Gasteiger partial charge on any atom is 0.326 e. The number of carboxylic acid groups (broad SMARTS) is 1. The molecule has 3 aliphatic heterocycles. The molecule has 1 saturated heterocycles. The average molecular weight is 400 g/mol. The van der Waals surface area contributed by atoms with Crippen molar-refractivity contribution in [1.82, 2.24) is 0 Å². The predicted octanol–water partition coefficient (Wildman–Crippen LogP) is 3.17. The Hall–Kier alpha value is -2.73. The summed E-state index contributed by atoms with van der Waals surface area (Å²) in [4.78, 5) is 27.1. The van der Waals surface area contributed by atoms with Crippen molar-refractivity contribution < 1.29 is 24.2 Å². The van der Waals surface area contributed by atoms with Crippen LogP contribution < -0.4 is 4.90 Å². The van der Waals surface area contributed by atoms with Gasteiger partial charge in [-0.25, -0.2) is 4.79 Å². The van der Waals surface area contributed by atoms with Gasteiger partial charge < -0.3 is 14.6 Å². The molecule has 1 spiro atoms. The predicted molar refractivity (Wildman–Crippen MR) is 102 cm³/mol. The van der Waals surface area contributed by atoms with Crippen molar-refractivity contribution in [1.29, 1.82) is 0 Å². The van der Waals surface area contributed by atoms with Crippen LogP contribution >= 0.6 is 11.6 Å². The zero-order valence-corrected chi connectivity index (χ0v) is 15.9. The van der Waals surface area contributed by atoms with E-state index in [4.69, 9.17) is 21.1 Å². The molecule has 0 aromatic heterocycles. The first-order valence-electron chi connectivity index (χ1n) is 9.23. The monoisotopic (exact) mass is 399 g/mol.